The van der Waals surface area contributed by atoms with Crippen molar-refractivity contribution < 1.29 is 47.1 Å². The molecule has 4 heterocycles. The normalized spacial score (nSPS) is 22.6. The number of urea groups is 1. The maximum atomic E-state index is 13.4. The van der Waals surface area contributed by atoms with Crippen molar-refractivity contribution in [1.29, 1.82) is 0 Å². The predicted molar refractivity (Wildman–Crippen MR) is 205 cm³/mol. The average molecular weight is 798 g/mol. The Labute approximate surface area is 331 Å². The number of hydrogen-bond acceptors (Lipinski definition) is 8. The number of ether oxygens (including phenoxy) is 1. The van der Waals surface area contributed by atoms with Gasteiger partial charge in [0.05, 0.1) is 13.0 Å². The zero-order valence-corrected chi connectivity index (χ0v) is 32.9. The summed E-state index contributed by atoms with van der Waals surface area (Å²) in [6, 6.07) is 7.66. The van der Waals surface area contributed by atoms with E-state index in [0.717, 1.165) is 30.9 Å². The van der Waals surface area contributed by atoms with Gasteiger partial charge in [0, 0.05) is 38.4 Å². The Hall–Kier alpha value is -5.61. The van der Waals surface area contributed by atoms with Gasteiger partial charge < -0.3 is 40.7 Å². The molecule has 4 N–H and O–H groups in total. The molecule has 17 heteroatoms. The number of anilines is 1. The quantitative estimate of drug-likeness (QED) is 0.342. The van der Waals surface area contributed by atoms with Crippen molar-refractivity contribution in [2.24, 2.45) is 0 Å². The third-order valence-electron chi connectivity index (χ3n) is 10.0. The van der Waals surface area contributed by atoms with Crippen molar-refractivity contribution in [3.05, 3.63) is 65.2 Å². The van der Waals surface area contributed by atoms with E-state index in [2.05, 4.69) is 21.3 Å². The van der Waals surface area contributed by atoms with E-state index in [-0.39, 0.29) is 49.1 Å². The molecular weight excluding hydrogens is 744 g/mol. The third kappa shape index (κ3) is 12.7. The molecular formula is C40H53F2N7O8. The second kappa shape index (κ2) is 21.1. The Bertz CT molecular complexity index is 1730. The Morgan fingerprint density at radius 1 is 0.772 bits per heavy atom. The van der Waals surface area contributed by atoms with Gasteiger partial charge in [0.15, 0.2) is 0 Å². The zero-order valence-electron chi connectivity index (χ0n) is 32.9. The molecule has 0 aromatic heterocycles. The summed E-state index contributed by atoms with van der Waals surface area (Å²) in [5.41, 5.74) is 2.42. The van der Waals surface area contributed by atoms with Gasteiger partial charge in [0.25, 0.3) is 0 Å². The number of aryl methyl sites for hydroxylation is 2. The zero-order chi connectivity index (χ0) is 41.6. The first-order valence-electron chi connectivity index (χ1n) is 19.3. The maximum Gasteiger partial charge on any atom is 0.328 e. The van der Waals surface area contributed by atoms with Crippen LogP contribution in [0.2, 0.25) is 0 Å². The molecule has 4 aliphatic rings. The summed E-state index contributed by atoms with van der Waals surface area (Å²) >= 11 is 0. The van der Waals surface area contributed by atoms with Crippen molar-refractivity contribution in [2.45, 2.75) is 96.3 Å². The van der Waals surface area contributed by atoms with Gasteiger partial charge in [-0.2, -0.15) is 0 Å². The van der Waals surface area contributed by atoms with E-state index in [1.165, 1.54) is 24.1 Å². The number of hydrogen-bond donors (Lipinski definition) is 4. The minimum absolute atomic E-state index is 0.00347. The number of likely N-dealkylation sites (N-methyl/N-ethyl adjacent to an activating group) is 1. The van der Waals surface area contributed by atoms with Gasteiger partial charge in [-0.15, -0.1) is 0 Å². The lowest BCUT2D eigenvalue weighted by Gasteiger charge is -2.38. The minimum atomic E-state index is -0.813. The SMILES string of the molecule is CC1NC(=O)C2CCCCN2C(=O)C2CCCN2C(=O)CCOC(=O)C2CCCN2C1=O.CNC(=O)CNC(=O)Nc1ccc(C)cc1.Cc1cc(F)cc(F)c1. The van der Waals surface area contributed by atoms with E-state index in [4.69, 9.17) is 4.74 Å². The molecule has 0 bridgehead atoms. The summed E-state index contributed by atoms with van der Waals surface area (Å²) in [7, 11) is 1.52. The first-order chi connectivity index (χ1) is 27.2. The lowest BCUT2D eigenvalue weighted by Crippen LogP contribution is -2.59. The van der Waals surface area contributed by atoms with Gasteiger partial charge in [-0.3, -0.25) is 24.0 Å². The van der Waals surface area contributed by atoms with Gasteiger partial charge in [0.1, 0.15) is 42.4 Å². The molecule has 0 saturated carbocycles. The number of halogens is 2. The highest BCUT2D eigenvalue weighted by molar-refractivity contribution is 5.96. The van der Waals surface area contributed by atoms with E-state index < -0.39 is 47.8 Å². The standard InChI is InChI=1S/C22H32N4O6.C11H15N3O2.C7H6F2/c1-14-20(29)26-12-5-8-17(26)22(31)32-13-9-18(27)24-11-4-7-16(24)21(30)25-10-3-2-6-15(25)19(28)23-14;1-8-3-5-9(6-4-8)14-11(16)13-7-10(15)12-2;1-5-2-6(8)4-7(9)3-5/h14-17H,2-13H2,1H3,(H,23,28);3-6H,7H2,1-2H3,(H,12,15)(H2,13,14,16);2-4H,1H3. The Balaban J connectivity index is 0.000000237. The van der Waals surface area contributed by atoms with E-state index in [1.807, 2.05) is 19.1 Å². The smallest absolute Gasteiger partial charge is 0.328 e. The van der Waals surface area contributed by atoms with Crippen LogP contribution in [0.5, 0.6) is 0 Å². The Morgan fingerprint density at radius 2 is 1.37 bits per heavy atom. The van der Waals surface area contributed by atoms with Gasteiger partial charge in [-0.1, -0.05) is 17.7 Å². The third-order valence-corrected chi connectivity index (χ3v) is 10.0. The second-order valence-electron chi connectivity index (χ2n) is 14.4. The summed E-state index contributed by atoms with van der Waals surface area (Å²) in [6.45, 7) is 6.47. The highest BCUT2D eigenvalue weighted by Crippen LogP contribution is 2.26. The molecule has 4 aliphatic heterocycles. The van der Waals surface area contributed by atoms with E-state index >= 15 is 0 Å². The molecule has 0 radical (unpaired) electrons. The molecule has 57 heavy (non-hydrogen) atoms. The van der Waals surface area contributed by atoms with Crippen molar-refractivity contribution in [3.63, 3.8) is 0 Å². The molecule has 0 spiro atoms. The van der Waals surface area contributed by atoms with Crippen LogP contribution in [-0.2, 0) is 33.5 Å². The first kappa shape index (κ1) is 44.1. The van der Waals surface area contributed by atoms with Gasteiger partial charge in [-0.25, -0.2) is 18.4 Å². The summed E-state index contributed by atoms with van der Waals surface area (Å²) < 4.78 is 29.7. The van der Waals surface area contributed by atoms with Gasteiger partial charge in [0.2, 0.25) is 29.5 Å². The number of esters is 1. The number of carbonyl (C=O) groups is 7. The van der Waals surface area contributed by atoms with Gasteiger partial charge >= 0.3 is 12.0 Å². The lowest BCUT2D eigenvalue weighted by molar-refractivity contribution is -0.156. The van der Waals surface area contributed by atoms with Crippen LogP contribution in [0.4, 0.5) is 19.3 Å². The fourth-order valence-electron chi connectivity index (χ4n) is 7.11. The van der Waals surface area contributed by atoms with Crippen LogP contribution in [0.3, 0.4) is 0 Å². The predicted octanol–water partition coefficient (Wildman–Crippen LogP) is 2.94. The molecule has 4 saturated heterocycles. The molecule has 4 fully saturated rings. The van der Waals surface area contributed by atoms with E-state index in [1.54, 1.807) is 35.8 Å². The largest absolute Gasteiger partial charge is 0.464 e. The number of cyclic esters (lactones) is 1. The number of rotatable bonds is 3. The lowest BCUT2D eigenvalue weighted by atomic mass is 9.99. The second-order valence-corrected chi connectivity index (χ2v) is 14.4. The molecule has 0 aliphatic carbocycles. The average Bonchev–Trinajstić information content (AvgIpc) is 3.88. The van der Waals surface area contributed by atoms with Crippen LogP contribution in [0, 0.1) is 25.5 Å². The summed E-state index contributed by atoms with van der Waals surface area (Å²) in [5, 5.41) is 10.2. The number of fused-ring (bicyclic) bond motifs is 3. The van der Waals surface area contributed by atoms with Crippen LogP contribution < -0.4 is 21.3 Å². The fraction of sp³-hybridized carbons (Fsp3) is 0.525. The van der Waals surface area contributed by atoms with Crippen LogP contribution in [0.15, 0.2) is 42.5 Å². The number of carbonyl (C=O) groups excluding carboxylic acids is 7. The highest BCUT2D eigenvalue weighted by Gasteiger charge is 2.43. The molecule has 4 atom stereocenters. The van der Waals surface area contributed by atoms with Crippen molar-refractivity contribution in [2.75, 3.05) is 45.2 Å². The van der Waals surface area contributed by atoms with E-state index in [0.29, 0.717) is 56.6 Å². The summed E-state index contributed by atoms with van der Waals surface area (Å²) in [6.07, 6.45) is 4.59. The van der Waals surface area contributed by atoms with Gasteiger partial charge in [-0.05, 0) is 95.5 Å². The van der Waals surface area contributed by atoms with Crippen LogP contribution >= 0.6 is 0 Å². The minimum Gasteiger partial charge on any atom is -0.464 e. The van der Waals surface area contributed by atoms with Crippen molar-refractivity contribution in [3.8, 4) is 0 Å². The Kier molecular flexibility index (Phi) is 16.3. The molecule has 310 valence electrons. The molecule has 15 nitrogen and oxygen atoms in total. The monoisotopic (exact) mass is 797 g/mol. The molecule has 2 aromatic rings. The topological polar surface area (TPSA) is 187 Å². The van der Waals surface area contributed by atoms with Crippen LogP contribution in [-0.4, -0.2) is 120 Å². The molecule has 2 aromatic carbocycles. The first-order valence-corrected chi connectivity index (χ1v) is 19.3. The van der Waals surface area contributed by atoms with Crippen LogP contribution in [0.1, 0.15) is 69.4 Å². The molecule has 6 rings (SSSR count). The molecule has 7 amide bonds. The number of nitrogens with zero attached hydrogens (tertiary/aromatic N) is 3. The number of amides is 7. The molecule has 4 unspecified atom stereocenters. The van der Waals surface area contributed by atoms with Crippen LogP contribution in [0.25, 0.3) is 0 Å². The highest BCUT2D eigenvalue weighted by atomic mass is 19.1. The number of nitrogens with one attached hydrogen (secondary N) is 4. The Morgan fingerprint density at radius 3 is 2.02 bits per heavy atom. The van der Waals surface area contributed by atoms with Crippen molar-refractivity contribution >= 4 is 47.2 Å². The van der Waals surface area contributed by atoms with E-state index in [9.17, 15) is 42.3 Å². The summed E-state index contributed by atoms with van der Waals surface area (Å²) in [5.74, 6) is -2.94. The number of benzene rings is 2. The fourth-order valence-corrected chi connectivity index (χ4v) is 7.11. The van der Waals surface area contributed by atoms with Crippen molar-refractivity contribution in [1.82, 2.24) is 30.7 Å². The summed E-state index contributed by atoms with van der Waals surface area (Å²) in [4.78, 5) is 91.7. The maximum absolute atomic E-state index is 13.4. The number of piperidine rings is 1.